The molecule has 8 heteroatoms. The molecule has 4 rings (SSSR count). The second-order valence-corrected chi connectivity index (χ2v) is 10.3. The van der Waals surface area contributed by atoms with E-state index < -0.39 is 15.9 Å². The van der Waals surface area contributed by atoms with Gasteiger partial charge < -0.3 is 16.4 Å². The maximum atomic E-state index is 13.8. The van der Waals surface area contributed by atoms with E-state index in [-0.39, 0.29) is 22.0 Å². The molecular formula is C30H28N4O3S. The van der Waals surface area contributed by atoms with Crippen LogP contribution in [-0.4, -0.2) is 20.2 Å². The van der Waals surface area contributed by atoms with Crippen molar-refractivity contribution in [3.8, 4) is 0 Å². The number of amidine groups is 1. The van der Waals surface area contributed by atoms with E-state index >= 15 is 0 Å². The first kappa shape index (κ1) is 26.4. The zero-order chi connectivity index (χ0) is 27.1. The zero-order valence-electron chi connectivity index (χ0n) is 21.0. The summed E-state index contributed by atoms with van der Waals surface area (Å²) in [5.41, 5.74) is 10.2. The number of para-hydroxylation sites is 1. The first-order valence-electron chi connectivity index (χ1n) is 11.9. The molecule has 1 amide bonds. The Balaban J connectivity index is 1.91. The molecule has 0 aliphatic rings. The van der Waals surface area contributed by atoms with Gasteiger partial charge >= 0.3 is 0 Å². The third kappa shape index (κ3) is 6.54. The molecule has 7 nitrogen and oxygen atoms in total. The molecule has 0 aliphatic heterocycles. The SMILES string of the molecule is Cc1ccc(NC(=O)C(/C(=N/S(=O)(=O)c2ccccc2)Nc2ccccc2)=C(\N)c2ccc(C)cc2)cc1. The quantitative estimate of drug-likeness (QED) is 0.168. The molecule has 0 unspecified atom stereocenters. The molecule has 0 heterocycles. The minimum atomic E-state index is -4.20. The largest absolute Gasteiger partial charge is 0.397 e. The van der Waals surface area contributed by atoms with E-state index in [2.05, 4.69) is 15.0 Å². The van der Waals surface area contributed by atoms with Gasteiger partial charge in [-0.25, -0.2) is 0 Å². The standard InChI is InChI=1S/C30H28N4O3S/c1-21-13-17-23(18-14-21)28(31)27(30(35)33-25-19-15-22(2)16-20-25)29(32-24-9-5-3-6-10-24)34-38(36,37)26-11-7-4-8-12-26/h3-20H,31H2,1-2H3,(H,32,34)(H,33,35)/b28-27-. The fourth-order valence-corrected chi connectivity index (χ4v) is 4.60. The molecule has 0 fully saturated rings. The molecule has 4 aromatic rings. The molecule has 0 radical (unpaired) electrons. The number of nitrogens with zero attached hydrogens (tertiary/aromatic N) is 1. The van der Waals surface area contributed by atoms with Gasteiger partial charge in [0, 0.05) is 11.4 Å². The normalized spacial score (nSPS) is 12.4. The lowest BCUT2D eigenvalue weighted by molar-refractivity contribution is -0.112. The number of hydrogen-bond acceptors (Lipinski definition) is 4. The summed E-state index contributed by atoms with van der Waals surface area (Å²) in [5, 5.41) is 5.85. The van der Waals surface area contributed by atoms with Gasteiger partial charge in [-0.15, -0.1) is 4.40 Å². The number of carbonyl (C=O) groups excluding carboxylic acids is 1. The molecule has 4 N–H and O–H groups in total. The van der Waals surface area contributed by atoms with Crippen molar-refractivity contribution in [2.24, 2.45) is 10.1 Å². The summed E-state index contributed by atoms with van der Waals surface area (Å²) in [6, 6.07) is 31.2. The highest BCUT2D eigenvalue weighted by Gasteiger charge is 2.25. The number of rotatable bonds is 7. The topological polar surface area (TPSA) is 114 Å². The lowest BCUT2D eigenvalue weighted by Crippen LogP contribution is -2.29. The molecule has 0 aromatic heterocycles. The lowest BCUT2D eigenvalue weighted by atomic mass is 10.0. The highest BCUT2D eigenvalue weighted by molar-refractivity contribution is 7.90. The number of aryl methyl sites for hydroxylation is 2. The first-order chi connectivity index (χ1) is 18.2. The van der Waals surface area contributed by atoms with E-state index in [1.54, 1.807) is 66.7 Å². The Bertz CT molecular complexity index is 1580. The van der Waals surface area contributed by atoms with Gasteiger partial charge in [0.05, 0.1) is 10.6 Å². The van der Waals surface area contributed by atoms with Crippen LogP contribution in [0.1, 0.15) is 16.7 Å². The monoisotopic (exact) mass is 524 g/mol. The van der Waals surface area contributed by atoms with Crippen molar-refractivity contribution in [1.29, 1.82) is 0 Å². The summed E-state index contributed by atoms with van der Waals surface area (Å²) in [6.45, 7) is 3.88. The zero-order valence-corrected chi connectivity index (χ0v) is 21.9. The minimum absolute atomic E-state index is 0.0143. The number of amides is 1. The smallest absolute Gasteiger partial charge is 0.284 e. The van der Waals surface area contributed by atoms with Gasteiger partial charge in [-0.3, -0.25) is 4.79 Å². The predicted molar refractivity (Wildman–Crippen MR) is 153 cm³/mol. The maximum absolute atomic E-state index is 13.8. The van der Waals surface area contributed by atoms with Crippen molar-refractivity contribution < 1.29 is 13.2 Å². The summed E-state index contributed by atoms with van der Waals surface area (Å²) in [7, 11) is -4.20. The number of sulfonamides is 1. The van der Waals surface area contributed by atoms with Crippen LogP contribution in [0, 0.1) is 13.8 Å². The fraction of sp³-hybridized carbons (Fsp3) is 0.0667. The van der Waals surface area contributed by atoms with Crippen molar-refractivity contribution in [2.75, 3.05) is 10.6 Å². The number of nitrogens with one attached hydrogen (secondary N) is 2. The fourth-order valence-electron chi connectivity index (χ4n) is 3.62. The molecular weight excluding hydrogens is 496 g/mol. The number of nitrogens with two attached hydrogens (primary N) is 1. The summed E-state index contributed by atoms with van der Waals surface area (Å²) < 4.78 is 30.8. The van der Waals surface area contributed by atoms with Crippen LogP contribution in [0.25, 0.3) is 5.70 Å². The van der Waals surface area contributed by atoms with Crippen molar-refractivity contribution in [2.45, 2.75) is 18.7 Å². The molecule has 192 valence electrons. The molecule has 0 bridgehead atoms. The minimum Gasteiger partial charge on any atom is -0.397 e. The van der Waals surface area contributed by atoms with Crippen LogP contribution in [0.2, 0.25) is 0 Å². The molecule has 0 atom stereocenters. The van der Waals surface area contributed by atoms with E-state index in [9.17, 15) is 13.2 Å². The van der Waals surface area contributed by atoms with Crippen LogP contribution in [0.4, 0.5) is 11.4 Å². The van der Waals surface area contributed by atoms with Gasteiger partial charge in [0.1, 0.15) is 5.57 Å². The summed E-state index contributed by atoms with van der Waals surface area (Å²) in [5.74, 6) is -0.819. The van der Waals surface area contributed by atoms with Gasteiger partial charge in [0.2, 0.25) is 0 Å². The first-order valence-corrected chi connectivity index (χ1v) is 13.3. The highest BCUT2D eigenvalue weighted by Crippen LogP contribution is 2.22. The molecule has 0 aliphatic carbocycles. The number of hydrogen-bond donors (Lipinski definition) is 3. The van der Waals surface area contributed by atoms with Gasteiger partial charge in [-0.1, -0.05) is 83.9 Å². The van der Waals surface area contributed by atoms with Crippen LogP contribution in [0.15, 0.2) is 124 Å². The second-order valence-electron chi connectivity index (χ2n) is 8.69. The number of benzene rings is 4. The summed E-state index contributed by atoms with van der Waals surface area (Å²) >= 11 is 0. The van der Waals surface area contributed by atoms with E-state index in [0.29, 0.717) is 16.9 Å². The Morgan fingerprint density at radius 1 is 0.684 bits per heavy atom. The van der Waals surface area contributed by atoms with Gasteiger partial charge in [0.25, 0.3) is 15.9 Å². The average Bonchev–Trinajstić information content (AvgIpc) is 2.91. The summed E-state index contributed by atoms with van der Waals surface area (Å²) in [4.78, 5) is 13.8. The Hall–Kier alpha value is -4.69. The van der Waals surface area contributed by atoms with Crippen LogP contribution >= 0.6 is 0 Å². The Kier molecular flexibility index (Phi) is 8.03. The predicted octanol–water partition coefficient (Wildman–Crippen LogP) is 5.51. The third-order valence-electron chi connectivity index (χ3n) is 5.69. The average molecular weight is 525 g/mol. The van der Waals surface area contributed by atoms with E-state index in [4.69, 9.17) is 5.73 Å². The van der Waals surface area contributed by atoms with Crippen LogP contribution < -0.4 is 16.4 Å². The van der Waals surface area contributed by atoms with Crippen molar-refractivity contribution >= 4 is 38.8 Å². The Morgan fingerprint density at radius 3 is 1.76 bits per heavy atom. The van der Waals surface area contributed by atoms with Crippen LogP contribution in [0.3, 0.4) is 0 Å². The van der Waals surface area contributed by atoms with E-state index in [0.717, 1.165) is 11.1 Å². The van der Waals surface area contributed by atoms with Gasteiger partial charge in [0.15, 0.2) is 5.84 Å². The highest BCUT2D eigenvalue weighted by atomic mass is 32.2. The van der Waals surface area contributed by atoms with E-state index in [1.165, 1.54) is 12.1 Å². The second kappa shape index (κ2) is 11.6. The molecule has 38 heavy (non-hydrogen) atoms. The number of carbonyl (C=O) groups is 1. The van der Waals surface area contributed by atoms with Crippen LogP contribution in [-0.2, 0) is 14.8 Å². The van der Waals surface area contributed by atoms with Gasteiger partial charge in [-0.2, -0.15) is 8.42 Å². The summed E-state index contributed by atoms with van der Waals surface area (Å²) in [6.07, 6.45) is 0. The van der Waals surface area contributed by atoms with E-state index in [1.807, 2.05) is 44.2 Å². The molecule has 0 spiro atoms. The lowest BCUT2D eigenvalue weighted by Gasteiger charge is -2.17. The Labute approximate surface area is 222 Å². The van der Waals surface area contributed by atoms with Crippen molar-refractivity contribution in [3.05, 3.63) is 131 Å². The van der Waals surface area contributed by atoms with Gasteiger partial charge in [-0.05, 0) is 55.8 Å². The Morgan fingerprint density at radius 2 is 1.18 bits per heavy atom. The molecule has 4 aromatic carbocycles. The molecule has 0 saturated heterocycles. The third-order valence-corrected chi connectivity index (χ3v) is 6.99. The molecule has 0 saturated carbocycles. The van der Waals surface area contributed by atoms with Crippen molar-refractivity contribution in [3.63, 3.8) is 0 Å². The number of anilines is 2. The maximum Gasteiger partial charge on any atom is 0.284 e. The van der Waals surface area contributed by atoms with Crippen LogP contribution in [0.5, 0.6) is 0 Å². The van der Waals surface area contributed by atoms with Crippen molar-refractivity contribution in [1.82, 2.24) is 0 Å².